The zero-order valence-electron chi connectivity index (χ0n) is 11.4. The Balaban J connectivity index is 0. The lowest BCUT2D eigenvalue weighted by Crippen LogP contribution is -2.27. The summed E-state index contributed by atoms with van der Waals surface area (Å²) in [5, 5.41) is 0. The molecule has 1 amide bonds. The second-order valence-electron chi connectivity index (χ2n) is 5.52. The van der Waals surface area contributed by atoms with E-state index in [1.807, 2.05) is 0 Å². The summed E-state index contributed by atoms with van der Waals surface area (Å²) in [6.07, 6.45) is 5.60. The van der Waals surface area contributed by atoms with Crippen LogP contribution in [0.3, 0.4) is 0 Å². The fourth-order valence-electron chi connectivity index (χ4n) is 1.39. The van der Waals surface area contributed by atoms with Crippen molar-refractivity contribution in [3.8, 4) is 0 Å². The third-order valence-corrected chi connectivity index (χ3v) is 2.77. The monoisotopic (exact) mass is 230 g/mol. The molecule has 1 saturated heterocycles. The van der Waals surface area contributed by atoms with Crippen molar-refractivity contribution in [3.05, 3.63) is 0 Å². The molecule has 16 heavy (non-hydrogen) atoms. The van der Waals surface area contributed by atoms with Crippen LogP contribution in [0, 0.1) is 5.41 Å². The van der Waals surface area contributed by atoms with Gasteiger partial charge in [0.15, 0.2) is 0 Å². The summed E-state index contributed by atoms with van der Waals surface area (Å²) < 4.78 is 0. The number of hydrogen-bond acceptors (Lipinski definition) is 2. The van der Waals surface area contributed by atoms with Gasteiger partial charge in [-0.3, -0.25) is 4.79 Å². The number of nitrogens with two attached hydrogens (primary N) is 1. The third-order valence-electron chi connectivity index (χ3n) is 2.77. The highest BCUT2D eigenvalue weighted by Gasteiger charge is 2.16. The van der Waals surface area contributed by atoms with Crippen LogP contribution >= 0.6 is 0 Å². The number of carbonyl (C=O) groups is 1. The van der Waals surface area contributed by atoms with E-state index in [2.05, 4.69) is 11.8 Å². The molecule has 0 aromatic heterocycles. The molecule has 1 aliphatic rings. The Morgan fingerprint density at radius 3 is 2.06 bits per heavy atom. The van der Waals surface area contributed by atoms with Crippen molar-refractivity contribution >= 4 is 5.91 Å². The average molecular weight is 230 g/mol. The number of primary amides is 1. The van der Waals surface area contributed by atoms with E-state index in [9.17, 15) is 4.79 Å². The molecule has 0 aliphatic carbocycles. The van der Waals surface area contributed by atoms with Crippen molar-refractivity contribution in [1.29, 1.82) is 0 Å². The Kier molecular flexibility index (Phi) is 7.39. The van der Waals surface area contributed by atoms with Gasteiger partial charge in [0.25, 0.3) is 0 Å². The first-order valence-electron chi connectivity index (χ1n) is 6.40. The number of rotatable bonds is 3. The minimum atomic E-state index is -0.361. The number of amides is 1. The Morgan fingerprint density at radius 1 is 1.31 bits per heavy atom. The van der Waals surface area contributed by atoms with Crippen LogP contribution in [-0.4, -0.2) is 30.4 Å². The van der Waals surface area contributed by atoms with E-state index < -0.39 is 0 Å². The largest absolute Gasteiger partial charge is 0.369 e. The average Bonchev–Trinajstić information content (AvgIpc) is 2.66. The van der Waals surface area contributed by atoms with E-state index in [4.69, 9.17) is 5.73 Å². The topological polar surface area (TPSA) is 46.3 Å². The molecule has 0 saturated carbocycles. The predicted octanol–water partition coefficient (Wildman–Crippen LogP) is 2.65. The van der Waals surface area contributed by atoms with Crippen molar-refractivity contribution in [2.75, 3.05) is 19.6 Å². The summed E-state index contributed by atoms with van der Waals surface area (Å²) in [5.74, 6) is -0.257. The molecule has 0 unspecified atom stereocenters. The fraction of sp³-hybridized carbons (Fsp3) is 0.923. The molecule has 98 valence electrons. The highest BCUT2D eigenvalue weighted by atomic mass is 16.1. The minimum absolute atomic E-state index is 0. The normalized spacial score (nSPS) is 16.8. The maximum Gasteiger partial charge on any atom is 0.222 e. The first-order chi connectivity index (χ1) is 7.38. The maximum atomic E-state index is 10.2. The molecule has 1 heterocycles. The van der Waals surface area contributed by atoms with Gasteiger partial charge in [0, 0.05) is 6.84 Å². The number of unbranched alkanes of at least 4 members (excludes halogenated alkanes) is 1. The first-order valence-corrected chi connectivity index (χ1v) is 6.40. The predicted molar refractivity (Wildman–Crippen MR) is 71.3 cm³/mol. The van der Waals surface area contributed by atoms with E-state index in [0.717, 1.165) is 0 Å². The van der Waals surface area contributed by atoms with Crippen LogP contribution in [0.5, 0.6) is 0 Å². The van der Waals surface area contributed by atoms with Crippen molar-refractivity contribution in [2.45, 2.75) is 53.4 Å². The van der Waals surface area contributed by atoms with Gasteiger partial charge in [-0.1, -0.05) is 34.1 Å². The molecule has 0 spiro atoms. The van der Waals surface area contributed by atoms with E-state index in [0.29, 0.717) is 0 Å². The molecule has 2 N–H and O–H groups in total. The number of carbonyl (C=O) groups excluding carboxylic acids is 1. The Labute approximate surface area is 102 Å². The number of nitrogens with zero attached hydrogens (tertiary/aromatic N) is 1. The molecule has 1 aliphatic heterocycles. The molecule has 0 radical (unpaired) electrons. The van der Waals surface area contributed by atoms with E-state index in [1.165, 1.54) is 45.3 Å². The SMILES string of the molecule is CC(C)(C)C(N)=O.CCCCN1CCCC1.[HH]. The fourth-order valence-corrected chi connectivity index (χ4v) is 1.39. The number of likely N-dealkylation sites (tertiary alicyclic amines) is 1. The van der Waals surface area contributed by atoms with Crippen molar-refractivity contribution in [3.63, 3.8) is 0 Å². The molecule has 3 nitrogen and oxygen atoms in total. The van der Waals surface area contributed by atoms with E-state index in [-0.39, 0.29) is 12.7 Å². The first kappa shape index (κ1) is 15.4. The highest BCUT2D eigenvalue weighted by Crippen LogP contribution is 2.09. The lowest BCUT2D eigenvalue weighted by molar-refractivity contribution is -0.125. The summed E-state index contributed by atoms with van der Waals surface area (Å²) in [5.41, 5.74) is 4.57. The van der Waals surface area contributed by atoms with Crippen LogP contribution < -0.4 is 5.73 Å². The van der Waals surface area contributed by atoms with Gasteiger partial charge < -0.3 is 10.6 Å². The summed E-state index contributed by atoms with van der Waals surface area (Å²) in [6, 6.07) is 0. The van der Waals surface area contributed by atoms with Crippen LogP contribution in [0.2, 0.25) is 0 Å². The zero-order chi connectivity index (χ0) is 12.6. The van der Waals surface area contributed by atoms with Gasteiger partial charge in [-0.2, -0.15) is 0 Å². The third kappa shape index (κ3) is 7.69. The molecular weight excluding hydrogens is 200 g/mol. The molecule has 0 aromatic carbocycles. The van der Waals surface area contributed by atoms with Gasteiger partial charge >= 0.3 is 0 Å². The summed E-state index contributed by atoms with van der Waals surface area (Å²) in [4.78, 5) is 12.8. The second kappa shape index (κ2) is 7.66. The quantitative estimate of drug-likeness (QED) is 0.810. The lowest BCUT2D eigenvalue weighted by Gasteiger charge is -2.12. The van der Waals surface area contributed by atoms with Crippen LogP contribution in [0.4, 0.5) is 0 Å². The van der Waals surface area contributed by atoms with E-state index in [1.54, 1.807) is 20.8 Å². The Morgan fingerprint density at radius 2 is 1.75 bits per heavy atom. The van der Waals surface area contributed by atoms with Gasteiger partial charge in [-0.05, 0) is 38.9 Å². The van der Waals surface area contributed by atoms with Gasteiger partial charge in [-0.15, -0.1) is 0 Å². The lowest BCUT2D eigenvalue weighted by atomic mass is 9.96. The molecule has 1 fully saturated rings. The summed E-state index contributed by atoms with van der Waals surface area (Å²) in [6.45, 7) is 11.7. The highest BCUT2D eigenvalue weighted by molar-refractivity contribution is 5.79. The zero-order valence-corrected chi connectivity index (χ0v) is 11.4. The molecule has 0 atom stereocenters. The molecule has 0 bridgehead atoms. The second-order valence-corrected chi connectivity index (χ2v) is 5.52. The Bertz CT molecular complexity index is 196. The van der Waals surface area contributed by atoms with Crippen LogP contribution in [0.15, 0.2) is 0 Å². The smallest absolute Gasteiger partial charge is 0.222 e. The van der Waals surface area contributed by atoms with Crippen LogP contribution in [-0.2, 0) is 4.79 Å². The minimum Gasteiger partial charge on any atom is -0.369 e. The molecular formula is C13H30N2O. The van der Waals surface area contributed by atoms with Crippen molar-refractivity contribution in [2.24, 2.45) is 11.1 Å². The summed E-state index contributed by atoms with van der Waals surface area (Å²) >= 11 is 0. The Hall–Kier alpha value is -0.570. The van der Waals surface area contributed by atoms with Gasteiger partial charge in [0.2, 0.25) is 5.91 Å². The van der Waals surface area contributed by atoms with E-state index >= 15 is 0 Å². The van der Waals surface area contributed by atoms with Crippen LogP contribution in [0.1, 0.15) is 54.8 Å². The van der Waals surface area contributed by atoms with Crippen molar-refractivity contribution in [1.82, 2.24) is 4.90 Å². The maximum absolute atomic E-state index is 10.2. The van der Waals surface area contributed by atoms with Gasteiger partial charge in [0.1, 0.15) is 0 Å². The van der Waals surface area contributed by atoms with Crippen molar-refractivity contribution < 1.29 is 6.22 Å². The van der Waals surface area contributed by atoms with Crippen LogP contribution in [0.25, 0.3) is 0 Å². The molecule has 1 rings (SSSR count). The number of hydrogen-bond donors (Lipinski definition) is 1. The standard InChI is InChI=1S/C8H17N.C5H11NO.H2/c1-2-3-6-9-7-4-5-8-9;1-5(2,3)4(6)7;/h2-8H2,1H3;1-3H3,(H2,6,7);1H. The molecule has 3 heteroatoms. The van der Waals surface area contributed by atoms with Gasteiger partial charge in [-0.25, -0.2) is 0 Å². The van der Waals surface area contributed by atoms with Gasteiger partial charge in [0.05, 0.1) is 0 Å². The molecule has 0 aromatic rings. The summed E-state index contributed by atoms with van der Waals surface area (Å²) in [7, 11) is 0.